The molecule has 1 unspecified atom stereocenters. The summed E-state index contributed by atoms with van der Waals surface area (Å²) in [4.78, 5) is 4.45. The molecule has 2 heterocycles. The van der Waals surface area contributed by atoms with Crippen molar-refractivity contribution in [3.8, 4) is 0 Å². The minimum absolute atomic E-state index is 0.161. The number of nitrogens with zero attached hydrogens (tertiary/aromatic N) is 2. The van der Waals surface area contributed by atoms with E-state index in [1.807, 2.05) is 0 Å². The molecule has 4 rings (SSSR count). The van der Waals surface area contributed by atoms with Gasteiger partial charge in [0.2, 0.25) is 0 Å². The number of hydrogen-bond acceptors (Lipinski definition) is 5. The van der Waals surface area contributed by atoms with E-state index >= 15 is 0 Å². The van der Waals surface area contributed by atoms with Gasteiger partial charge in [0.15, 0.2) is 5.76 Å². The van der Waals surface area contributed by atoms with Gasteiger partial charge in [0.1, 0.15) is 12.0 Å². The zero-order chi connectivity index (χ0) is 18.3. The normalized spacial score (nSPS) is 31.2. The van der Waals surface area contributed by atoms with Crippen molar-refractivity contribution >= 4 is 0 Å². The van der Waals surface area contributed by atoms with Gasteiger partial charge in [-0.05, 0) is 32.1 Å². The number of hydrogen-bond donors (Lipinski definition) is 1. The lowest BCUT2D eigenvalue weighted by Gasteiger charge is -2.46. The molecular formula is C19H28F2N2O3. The lowest BCUT2D eigenvalue weighted by Crippen LogP contribution is -2.57. The average Bonchev–Trinajstić information content (AvgIpc) is 2.94. The van der Waals surface area contributed by atoms with E-state index in [9.17, 15) is 13.9 Å². The van der Waals surface area contributed by atoms with E-state index in [2.05, 4.69) is 26.2 Å². The number of piperazine rings is 1. The minimum atomic E-state index is -3.54. The number of halogens is 2. The number of alkyl halides is 2. The van der Waals surface area contributed by atoms with Gasteiger partial charge in [-0.3, -0.25) is 4.90 Å². The summed E-state index contributed by atoms with van der Waals surface area (Å²) < 4.78 is 35.6. The van der Waals surface area contributed by atoms with Crippen molar-refractivity contribution in [3.63, 3.8) is 0 Å². The molecule has 2 aliphatic heterocycles. The largest absolute Gasteiger partial charge is 0.585 e. The molecule has 26 heavy (non-hydrogen) atoms. The molecule has 2 fully saturated rings. The fraction of sp³-hybridized carbons (Fsp3) is 0.789. The molecule has 7 heteroatoms. The van der Waals surface area contributed by atoms with Crippen molar-refractivity contribution in [2.24, 2.45) is 5.92 Å². The smallest absolute Gasteiger partial charge is 0.400 e. The number of ether oxygens (including phenoxy) is 2. The van der Waals surface area contributed by atoms with Gasteiger partial charge in [-0.15, -0.1) is 8.78 Å². The molecular weight excluding hydrogens is 342 g/mol. The number of aliphatic hydroxyl groups excluding tert-OH is 1. The molecule has 2 atom stereocenters. The van der Waals surface area contributed by atoms with Gasteiger partial charge >= 0.3 is 6.29 Å². The standard InChI is InChI=1S/C19H28F2N2O3/c1-13-12-22(9-10-23(13)18(24)14-5-3-2-4-6-14)15-7-8-16-17(11-15)26-19(20,21)25-16/h11,13-14,18,24H,2-10,12H2,1H3/t13-,18?/m1/s1. The van der Waals surface area contributed by atoms with Gasteiger partial charge in [-0.1, -0.05) is 19.3 Å². The molecule has 1 saturated carbocycles. The average molecular weight is 370 g/mol. The first-order chi connectivity index (χ1) is 12.4. The molecule has 0 aromatic heterocycles. The molecule has 2 aliphatic carbocycles. The Morgan fingerprint density at radius 3 is 2.65 bits per heavy atom. The molecule has 5 nitrogen and oxygen atoms in total. The third kappa shape index (κ3) is 3.56. The van der Waals surface area contributed by atoms with E-state index < -0.39 is 6.29 Å². The van der Waals surface area contributed by atoms with Crippen LogP contribution in [0.3, 0.4) is 0 Å². The topological polar surface area (TPSA) is 45.2 Å². The lowest BCUT2D eigenvalue weighted by molar-refractivity contribution is -0.336. The van der Waals surface area contributed by atoms with Crippen LogP contribution in [0.2, 0.25) is 0 Å². The van der Waals surface area contributed by atoms with Crippen molar-refractivity contribution in [3.05, 3.63) is 23.3 Å². The summed E-state index contributed by atoms with van der Waals surface area (Å²) in [5.74, 6) is 0.789. The third-order valence-corrected chi connectivity index (χ3v) is 6.15. The van der Waals surface area contributed by atoms with Crippen molar-refractivity contribution in [2.45, 2.75) is 70.4 Å². The fourth-order valence-electron chi connectivity index (χ4n) is 4.73. The van der Waals surface area contributed by atoms with E-state index in [1.165, 1.54) is 19.3 Å². The molecule has 0 radical (unpaired) electrons. The van der Waals surface area contributed by atoms with Crippen LogP contribution in [0.1, 0.15) is 51.9 Å². The van der Waals surface area contributed by atoms with Gasteiger partial charge in [-0.25, -0.2) is 0 Å². The predicted octanol–water partition coefficient (Wildman–Crippen LogP) is 3.38. The van der Waals surface area contributed by atoms with Gasteiger partial charge in [-0.2, -0.15) is 0 Å². The lowest BCUT2D eigenvalue weighted by atomic mass is 9.87. The quantitative estimate of drug-likeness (QED) is 0.825. The second kappa shape index (κ2) is 7.00. The molecule has 0 amide bonds. The Hall–Kier alpha value is -1.34. The molecule has 1 saturated heterocycles. The first-order valence-electron chi connectivity index (χ1n) is 9.81. The highest BCUT2D eigenvalue weighted by atomic mass is 19.3. The van der Waals surface area contributed by atoms with Crippen LogP contribution in [0.25, 0.3) is 0 Å². The maximum Gasteiger partial charge on any atom is 0.585 e. The van der Waals surface area contributed by atoms with Crippen LogP contribution in [0, 0.1) is 5.92 Å². The highest BCUT2D eigenvalue weighted by molar-refractivity contribution is 5.28. The Bertz CT molecular complexity index is 602. The monoisotopic (exact) mass is 370 g/mol. The Morgan fingerprint density at radius 2 is 1.92 bits per heavy atom. The zero-order valence-corrected chi connectivity index (χ0v) is 15.3. The second-order valence-electron chi connectivity index (χ2n) is 7.94. The molecule has 1 N–H and O–H groups in total. The van der Waals surface area contributed by atoms with Gasteiger partial charge in [0.25, 0.3) is 0 Å². The van der Waals surface area contributed by atoms with Gasteiger partial charge in [0.05, 0.1) is 0 Å². The minimum Gasteiger partial charge on any atom is -0.400 e. The first kappa shape index (κ1) is 18.0. The number of rotatable bonds is 3. The van der Waals surface area contributed by atoms with Crippen LogP contribution >= 0.6 is 0 Å². The summed E-state index contributed by atoms with van der Waals surface area (Å²) in [5.41, 5.74) is 1.02. The fourth-order valence-corrected chi connectivity index (χ4v) is 4.73. The molecule has 0 spiro atoms. The Kier molecular flexibility index (Phi) is 4.86. The van der Waals surface area contributed by atoms with Crippen LogP contribution in [0.15, 0.2) is 23.3 Å². The van der Waals surface area contributed by atoms with Crippen molar-refractivity contribution in [1.82, 2.24) is 9.80 Å². The van der Waals surface area contributed by atoms with Crippen LogP contribution in [-0.2, 0) is 9.47 Å². The van der Waals surface area contributed by atoms with E-state index in [0.29, 0.717) is 18.8 Å². The summed E-state index contributed by atoms with van der Waals surface area (Å²) >= 11 is 0. The summed E-state index contributed by atoms with van der Waals surface area (Å²) in [7, 11) is 0. The van der Waals surface area contributed by atoms with E-state index in [-0.39, 0.29) is 23.8 Å². The van der Waals surface area contributed by atoms with Crippen molar-refractivity contribution < 1.29 is 23.4 Å². The highest BCUT2D eigenvalue weighted by Gasteiger charge is 2.45. The first-order valence-corrected chi connectivity index (χ1v) is 9.81. The predicted molar refractivity (Wildman–Crippen MR) is 91.8 cm³/mol. The molecule has 0 aromatic carbocycles. The van der Waals surface area contributed by atoms with E-state index in [0.717, 1.165) is 38.2 Å². The summed E-state index contributed by atoms with van der Waals surface area (Å²) in [5, 5.41) is 10.8. The van der Waals surface area contributed by atoms with Gasteiger partial charge in [0, 0.05) is 43.9 Å². The SMILES string of the molecule is C[C@@H]1CN(C2=CC3=C(CC2)OC(F)(F)O3)CCN1C(O)C1CCCCC1. The van der Waals surface area contributed by atoms with E-state index in [4.69, 9.17) is 0 Å². The van der Waals surface area contributed by atoms with Crippen LogP contribution in [0.5, 0.6) is 0 Å². The maximum atomic E-state index is 13.2. The molecule has 4 aliphatic rings. The summed E-state index contributed by atoms with van der Waals surface area (Å²) in [6.07, 6.45) is 4.85. The summed E-state index contributed by atoms with van der Waals surface area (Å²) in [6, 6.07) is 0.221. The zero-order valence-electron chi connectivity index (χ0n) is 15.3. The maximum absolute atomic E-state index is 13.2. The Morgan fingerprint density at radius 1 is 1.15 bits per heavy atom. The number of aliphatic hydroxyl groups is 1. The molecule has 0 bridgehead atoms. The second-order valence-corrected chi connectivity index (χ2v) is 7.94. The van der Waals surface area contributed by atoms with Crippen LogP contribution in [0.4, 0.5) is 8.78 Å². The Labute approximate surface area is 153 Å². The third-order valence-electron chi connectivity index (χ3n) is 6.15. The van der Waals surface area contributed by atoms with Crippen LogP contribution in [-0.4, -0.2) is 53.1 Å². The van der Waals surface area contributed by atoms with Crippen molar-refractivity contribution in [1.29, 1.82) is 0 Å². The van der Waals surface area contributed by atoms with E-state index in [1.54, 1.807) is 6.08 Å². The highest BCUT2D eigenvalue weighted by Crippen LogP contribution is 2.40. The Balaban J connectivity index is 1.38. The van der Waals surface area contributed by atoms with Crippen LogP contribution < -0.4 is 0 Å². The van der Waals surface area contributed by atoms with Gasteiger partial charge < -0.3 is 19.5 Å². The molecule has 0 aromatic rings. The summed E-state index contributed by atoms with van der Waals surface area (Å²) in [6.45, 7) is 4.50. The molecule has 146 valence electrons. The number of allylic oxidation sites excluding steroid dienone is 3. The van der Waals surface area contributed by atoms with Crippen molar-refractivity contribution in [2.75, 3.05) is 19.6 Å².